The third kappa shape index (κ3) is 5.73. The monoisotopic (exact) mass is 511 g/mol. The molecule has 0 amide bonds. The van der Waals surface area contributed by atoms with Crippen molar-refractivity contribution in [2.45, 2.75) is 23.8 Å². The van der Waals surface area contributed by atoms with Crippen LogP contribution in [0.2, 0.25) is 0 Å². The lowest BCUT2D eigenvalue weighted by Gasteiger charge is -2.18. The number of rotatable bonds is 9. The first-order chi connectivity index (χ1) is 18.1. The molecule has 0 aliphatic heterocycles. The van der Waals surface area contributed by atoms with Gasteiger partial charge in [-0.1, -0.05) is 72.4 Å². The molecular weight excluding hydrogens is 486 g/mol. The molecule has 0 saturated carbocycles. The Morgan fingerprint density at radius 3 is 2.11 bits per heavy atom. The van der Waals surface area contributed by atoms with E-state index in [1.165, 1.54) is 6.07 Å². The summed E-state index contributed by atoms with van der Waals surface area (Å²) in [6.45, 7) is 2.51. The molecule has 37 heavy (non-hydrogen) atoms. The molecule has 2 aromatic heterocycles. The van der Waals surface area contributed by atoms with Crippen LogP contribution < -0.4 is 16.0 Å². The molecule has 186 valence electrons. The average molecular weight is 512 g/mol. The maximum absolute atomic E-state index is 11.9. The predicted molar refractivity (Wildman–Crippen MR) is 144 cm³/mol. The third-order valence-electron chi connectivity index (χ3n) is 5.70. The Morgan fingerprint density at radius 1 is 0.865 bits per heavy atom. The molecule has 0 spiro atoms. The van der Waals surface area contributed by atoms with E-state index in [1.54, 1.807) is 11.8 Å². The molecule has 0 fully saturated rings. The summed E-state index contributed by atoms with van der Waals surface area (Å²) in [5.74, 6) is 1.35. The lowest BCUT2D eigenvalue weighted by atomic mass is 10.0. The molecule has 0 aliphatic carbocycles. The normalized spacial score (nSPS) is 11.1. The number of aromatic nitrogens is 5. The molecule has 5 aromatic rings. The van der Waals surface area contributed by atoms with Crippen LogP contribution in [0.15, 0.2) is 106 Å². The number of hydrogen-bond donors (Lipinski definition) is 2. The van der Waals surface area contributed by atoms with Crippen molar-refractivity contribution < 1.29 is 4.74 Å². The zero-order chi connectivity index (χ0) is 25.6. The minimum absolute atomic E-state index is 0.0275. The second kappa shape index (κ2) is 11.1. The highest BCUT2D eigenvalue weighted by Gasteiger charge is 2.22. The van der Waals surface area contributed by atoms with Gasteiger partial charge in [0.1, 0.15) is 11.6 Å². The highest BCUT2D eigenvalue weighted by Crippen LogP contribution is 2.40. The molecule has 0 bridgehead atoms. The van der Waals surface area contributed by atoms with Gasteiger partial charge in [-0.2, -0.15) is 0 Å². The zero-order valence-corrected chi connectivity index (χ0v) is 20.9. The summed E-state index contributed by atoms with van der Waals surface area (Å²) >= 11 is 1.59. The molecule has 2 N–H and O–H groups in total. The molecule has 2 heterocycles. The van der Waals surface area contributed by atoms with Crippen LogP contribution in [0.3, 0.4) is 0 Å². The summed E-state index contributed by atoms with van der Waals surface area (Å²) in [5, 5.41) is 9.68. The summed E-state index contributed by atoms with van der Waals surface area (Å²) in [6.07, 6.45) is 0.223. The first-order valence-corrected chi connectivity index (χ1v) is 12.8. The fourth-order valence-electron chi connectivity index (χ4n) is 4.08. The van der Waals surface area contributed by atoms with Crippen LogP contribution in [0.25, 0.3) is 5.69 Å². The summed E-state index contributed by atoms with van der Waals surface area (Å²) in [5.41, 5.74) is 2.55. The van der Waals surface area contributed by atoms with Gasteiger partial charge in [-0.15, -0.1) is 10.2 Å². The van der Waals surface area contributed by atoms with Crippen molar-refractivity contribution in [3.63, 3.8) is 0 Å². The van der Waals surface area contributed by atoms with Crippen LogP contribution in [0.4, 0.5) is 0 Å². The first-order valence-electron chi connectivity index (χ1n) is 11.9. The maximum atomic E-state index is 11.9. The molecule has 0 saturated heterocycles. The second-order valence-electron chi connectivity index (χ2n) is 8.27. The van der Waals surface area contributed by atoms with E-state index in [4.69, 9.17) is 4.74 Å². The Labute approximate surface area is 217 Å². The van der Waals surface area contributed by atoms with Gasteiger partial charge >= 0.3 is 5.69 Å². The number of hydrogen-bond acceptors (Lipinski definition) is 6. The van der Waals surface area contributed by atoms with Crippen LogP contribution in [-0.2, 0) is 6.42 Å². The quantitative estimate of drug-likeness (QED) is 0.282. The van der Waals surface area contributed by atoms with Crippen molar-refractivity contribution >= 4 is 11.8 Å². The first kappa shape index (κ1) is 24.3. The van der Waals surface area contributed by atoms with Crippen LogP contribution in [0.1, 0.15) is 34.8 Å². The van der Waals surface area contributed by atoms with Gasteiger partial charge in [0.25, 0.3) is 5.56 Å². The number of ether oxygens (including phenoxy) is 1. The van der Waals surface area contributed by atoms with Crippen LogP contribution >= 0.6 is 11.8 Å². The molecule has 9 heteroatoms. The van der Waals surface area contributed by atoms with Crippen molar-refractivity contribution in [1.29, 1.82) is 0 Å². The highest BCUT2D eigenvalue weighted by atomic mass is 32.2. The summed E-state index contributed by atoms with van der Waals surface area (Å²) < 4.78 is 7.57. The molecule has 3 aromatic carbocycles. The number of thioether (sulfide) groups is 1. The fourth-order valence-corrected chi connectivity index (χ4v) is 5.28. The van der Waals surface area contributed by atoms with E-state index < -0.39 is 11.2 Å². The zero-order valence-electron chi connectivity index (χ0n) is 20.1. The van der Waals surface area contributed by atoms with E-state index in [1.807, 2.05) is 72.2 Å². The van der Waals surface area contributed by atoms with Gasteiger partial charge in [-0.3, -0.25) is 14.3 Å². The van der Waals surface area contributed by atoms with E-state index in [0.717, 1.165) is 22.6 Å². The molecular formula is C28H25N5O3S. The Morgan fingerprint density at radius 2 is 1.51 bits per heavy atom. The number of aromatic amines is 2. The van der Waals surface area contributed by atoms with Gasteiger partial charge in [0.05, 0.1) is 11.9 Å². The third-order valence-corrected chi connectivity index (χ3v) is 6.95. The minimum atomic E-state index is -0.558. The van der Waals surface area contributed by atoms with Crippen LogP contribution in [-0.4, -0.2) is 31.3 Å². The summed E-state index contributed by atoms with van der Waals surface area (Å²) in [6, 6.07) is 29.6. The molecule has 0 unspecified atom stereocenters. The van der Waals surface area contributed by atoms with Gasteiger partial charge in [0, 0.05) is 23.9 Å². The number of nitrogens with zero attached hydrogens (tertiary/aromatic N) is 3. The predicted octanol–water partition coefficient (Wildman–Crippen LogP) is 4.52. The van der Waals surface area contributed by atoms with E-state index in [-0.39, 0.29) is 11.7 Å². The SMILES string of the molecule is CCOc1ccc(-n2c(Cc3cc(=O)[nH]c(=O)[nH]3)nnc2SC(c2ccccc2)c2ccccc2)cc1. The van der Waals surface area contributed by atoms with Gasteiger partial charge < -0.3 is 9.72 Å². The lowest BCUT2D eigenvalue weighted by molar-refractivity contribution is 0.340. The van der Waals surface area contributed by atoms with Crippen molar-refractivity contribution in [3.05, 3.63) is 134 Å². The maximum Gasteiger partial charge on any atom is 0.325 e. The number of benzene rings is 3. The van der Waals surface area contributed by atoms with Crippen molar-refractivity contribution in [2.75, 3.05) is 6.61 Å². The highest BCUT2D eigenvalue weighted by molar-refractivity contribution is 7.99. The molecule has 0 radical (unpaired) electrons. The van der Waals surface area contributed by atoms with Gasteiger partial charge in [-0.05, 0) is 42.3 Å². The standard InChI is InChI=1S/C28H25N5O3S/c1-2-36-23-15-13-22(14-16-23)33-24(17-21-18-25(34)30-27(35)29-21)31-32-28(33)37-26(19-9-5-3-6-10-19)20-11-7-4-8-12-20/h3-16,18,26H,2,17H2,1H3,(H2,29,30,34,35). The Balaban J connectivity index is 1.59. The van der Waals surface area contributed by atoms with Gasteiger partial charge in [-0.25, -0.2) is 4.79 Å². The van der Waals surface area contributed by atoms with Crippen LogP contribution in [0.5, 0.6) is 5.75 Å². The Kier molecular flexibility index (Phi) is 7.32. The average Bonchev–Trinajstić information content (AvgIpc) is 3.30. The largest absolute Gasteiger partial charge is 0.494 e. The lowest BCUT2D eigenvalue weighted by Crippen LogP contribution is -2.23. The Bertz CT molecular complexity index is 1510. The summed E-state index contributed by atoms with van der Waals surface area (Å²) in [7, 11) is 0. The van der Waals surface area contributed by atoms with E-state index in [2.05, 4.69) is 44.4 Å². The minimum Gasteiger partial charge on any atom is -0.494 e. The molecule has 0 atom stereocenters. The Hall–Kier alpha value is -4.37. The van der Waals surface area contributed by atoms with Crippen molar-refractivity contribution in [1.82, 2.24) is 24.7 Å². The second-order valence-corrected chi connectivity index (χ2v) is 9.34. The topological polar surface area (TPSA) is 106 Å². The fraction of sp³-hybridized carbons (Fsp3) is 0.143. The van der Waals surface area contributed by atoms with E-state index in [0.29, 0.717) is 23.3 Å². The van der Waals surface area contributed by atoms with Gasteiger partial charge in [0.15, 0.2) is 5.16 Å². The van der Waals surface area contributed by atoms with E-state index in [9.17, 15) is 9.59 Å². The molecule has 5 rings (SSSR count). The molecule has 0 aliphatic rings. The smallest absolute Gasteiger partial charge is 0.325 e. The van der Waals surface area contributed by atoms with Crippen molar-refractivity contribution in [2.24, 2.45) is 0 Å². The number of nitrogens with one attached hydrogen (secondary N) is 2. The van der Waals surface area contributed by atoms with Crippen LogP contribution in [0, 0.1) is 0 Å². The van der Waals surface area contributed by atoms with Gasteiger partial charge in [0.2, 0.25) is 0 Å². The number of H-pyrrole nitrogens is 2. The van der Waals surface area contributed by atoms with E-state index >= 15 is 0 Å². The summed E-state index contributed by atoms with van der Waals surface area (Å²) in [4.78, 5) is 28.6. The molecule has 8 nitrogen and oxygen atoms in total. The van der Waals surface area contributed by atoms with Crippen molar-refractivity contribution in [3.8, 4) is 11.4 Å².